The Hall–Kier alpha value is -3.03. The maximum absolute atomic E-state index is 12.4. The van der Waals surface area contributed by atoms with Gasteiger partial charge in [-0.05, 0) is 28.5 Å². The van der Waals surface area contributed by atoms with Crippen LogP contribution in [0.4, 0.5) is 0 Å². The minimum Gasteiger partial charge on any atom is -0.427 e. The van der Waals surface area contributed by atoms with Gasteiger partial charge in [0.2, 0.25) is 0 Å². The Morgan fingerprint density at radius 2 is 2.00 bits per heavy atom. The normalized spacial score (nSPS) is 14.4. The molecule has 0 atom stereocenters. The fourth-order valence-corrected chi connectivity index (χ4v) is 2.49. The number of hydrogen-bond acceptors (Lipinski definition) is 6. The van der Waals surface area contributed by atoms with Crippen molar-refractivity contribution in [3.8, 4) is 0 Å². The van der Waals surface area contributed by atoms with E-state index in [2.05, 4.69) is 10.4 Å². The second-order valence-electron chi connectivity index (χ2n) is 5.52. The average molecular weight is 328 g/mol. The van der Waals surface area contributed by atoms with Crippen molar-refractivity contribution in [2.75, 3.05) is 0 Å². The van der Waals surface area contributed by atoms with Gasteiger partial charge in [0.05, 0.1) is 12.1 Å². The molecule has 0 unspecified atom stereocenters. The molecule has 1 aliphatic carbocycles. The molecule has 1 aromatic heterocycles. The fraction of sp³-hybridized carbons (Fsp3) is 0.312. The summed E-state index contributed by atoms with van der Waals surface area (Å²) in [5, 5.41) is 7.39. The van der Waals surface area contributed by atoms with Crippen LogP contribution in [-0.4, -0.2) is 31.5 Å². The van der Waals surface area contributed by atoms with Crippen LogP contribution < -0.4 is 5.69 Å². The van der Waals surface area contributed by atoms with Crippen molar-refractivity contribution in [2.45, 2.75) is 25.8 Å². The van der Waals surface area contributed by atoms with Gasteiger partial charge in [0.1, 0.15) is 5.76 Å². The molecule has 0 aliphatic heterocycles. The minimum absolute atomic E-state index is 0.0385. The smallest absolute Gasteiger partial charge is 0.363 e. The monoisotopic (exact) mass is 328 g/mol. The lowest BCUT2D eigenvalue weighted by Crippen LogP contribution is -2.24. The van der Waals surface area contributed by atoms with Crippen LogP contribution in [0.3, 0.4) is 0 Å². The highest BCUT2D eigenvalue weighted by atomic mass is 16.5. The van der Waals surface area contributed by atoms with Gasteiger partial charge in [-0.3, -0.25) is 4.79 Å². The van der Waals surface area contributed by atoms with Crippen molar-refractivity contribution in [3.63, 3.8) is 0 Å². The SMILES string of the molecule is Cn1nnn(Cc2ccccc2C(=O)OC2=CC(=O)CCC2)c1=O. The highest BCUT2D eigenvalue weighted by Crippen LogP contribution is 2.19. The second kappa shape index (κ2) is 6.61. The van der Waals surface area contributed by atoms with E-state index in [9.17, 15) is 14.4 Å². The first-order valence-corrected chi connectivity index (χ1v) is 7.55. The zero-order valence-electron chi connectivity index (χ0n) is 13.1. The Morgan fingerprint density at radius 3 is 2.71 bits per heavy atom. The van der Waals surface area contributed by atoms with Crippen LogP contribution in [0.5, 0.6) is 0 Å². The maximum Gasteiger partial charge on any atom is 0.363 e. The third kappa shape index (κ3) is 3.32. The van der Waals surface area contributed by atoms with E-state index < -0.39 is 5.97 Å². The summed E-state index contributed by atoms with van der Waals surface area (Å²) in [5.41, 5.74) is 0.542. The number of hydrogen-bond donors (Lipinski definition) is 0. The number of rotatable bonds is 4. The summed E-state index contributed by atoms with van der Waals surface area (Å²) in [7, 11) is 1.50. The van der Waals surface area contributed by atoms with Gasteiger partial charge in [0.25, 0.3) is 0 Å². The van der Waals surface area contributed by atoms with Gasteiger partial charge in [-0.15, -0.1) is 0 Å². The number of carbonyl (C=O) groups is 2. The van der Waals surface area contributed by atoms with Crippen molar-refractivity contribution in [1.29, 1.82) is 0 Å². The van der Waals surface area contributed by atoms with Crippen LogP contribution in [0.25, 0.3) is 0 Å². The third-order valence-electron chi connectivity index (χ3n) is 3.73. The second-order valence-corrected chi connectivity index (χ2v) is 5.52. The fourth-order valence-electron chi connectivity index (χ4n) is 2.49. The first-order valence-electron chi connectivity index (χ1n) is 7.55. The Balaban J connectivity index is 1.83. The largest absolute Gasteiger partial charge is 0.427 e. The first-order chi connectivity index (χ1) is 11.5. The van der Waals surface area contributed by atoms with Gasteiger partial charge in [-0.2, -0.15) is 9.36 Å². The number of esters is 1. The summed E-state index contributed by atoms with van der Waals surface area (Å²) in [5.74, 6) is -0.213. The van der Waals surface area contributed by atoms with Crippen LogP contribution in [0.2, 0.25) is 0 Å². The van der Waals surface area contributed by atoms with E-state index in [1.54, 1.807) is 24.3 Å². The van der Waals surface area contributed by atoms with Crippen molar-refractivity contribution in [2.24, 2.45) is 7.05 Å². The van der Waals surface area contributed by atoms with Crippen LogP contribution in [0.1, 0.15) is 35.2 Å². The number of ketones is 1. The Morgan fingerprint density at radius 1 is 1.21 bits per heavy atom. The topological polar surface area (TPSA) is 96.1 Å². The summed E-state index contributed by atoms with van der Waals surface area (Å²) >= 11 is 0. The maximum atomic E-state index is 12.4. The number of tetrazole rings is 1. The zero-order chi connectivity index (χ0) is 17.1. The Labute approximate surface area is 137 Å². The van der Waals surface area contributed by atoms with Crippen molar-refractivity contribution in [3.05, 3.63) is 57.7 Å². The van der Waals surface area contributed by atoms with Gasteiger partial charge in [0.15, 0.2) is 5.78 Å². The van der Waals surface area contributed by atoms with Crippen LogP contribution >= 0.6 is 0 Å². The lowest BCUT2D eigenvalue weighted by molar-refractivity contribution is -0.115. The Bertz CT molecular complexity index is 878. The predicted molar refractivity (Wildman–Crippen MR) is 83.2 cm³/mol. The van der Waals surface area contributed by atoms with E-state index >= 15 is 0 Å². The lowest BCUT2D eigenvalue weighted by atomic mass is 10.0. The van der Waals surface area contributed by atoms with Crippen LogP contribution in [0, 0.1) is 0 Å². The molecule has 1 aliphatic rings. The molecule has 2 aromatic rings. The van der Waals surface area contributed by atoms with Gasteiger partial charge in [0, 0.05) is 26.0 Å². The van der Waals surface area contributed by atoms with E-state index in [1.165, 1.54) is 13.1 Å². The molecule has 3 rings (SSSR count). The highest BCUT2D eigenvalue weighted by Gasteiger charge is 2.18. The number of allylic oxidation sites excluding steroid dienone is 2. The lowest BCUT2D eigenvalue weighted by Gasteiger charge is -2.13. The van der Waals surface area contributed by atoms with Crippen LogP contribution in [0.15, 0.2) is 40.9 Å². The molecule has 8 nitrogen and oxygen atoms in total. The summed E-state index contributed by atoms with van der Waals surface area (Å²) in [6.07, 6.45) is 3.09. The zero-order valence-corrected chi connectivity index (χ0v) is 13.1. The molecule has 1 aromatic carbocycles. The first kappa shape index (κ1) is 15.9. The predicted octanol–water partition coefficient (Wildman–Crippen LogP) is 0.819. The van der Waals surface area contributed by atoms with Crippen molar-refractivity contribution < 1.29 is 14.3 Å². The summed E-state index contributed by atoms with van der Waals surface area (Å²) < 4.78 is 7.61. The molecular weight excluding hydrogens is 312 g/mol. The Kier molecular flexibility index (Phi) is 4.37. The number of aryl methyl sites for hydroxylation is 1. The molecule has 0 fully saturated rings. The van der Waals surface area contributed by atoms with E-state index in [4.69, 9.17) is 4.74 Å². The van der Waals surface area contributed by atoms with E-state index in [0.717, 1.165) is 9.36 Å². The molecule has 0 bridgehead atoms. The van der Waals surface area contributed by atoms with E-state index in [1.807, 2.05) is 0 Å². The minimum atomic E-state index is -0.552. The third-order valence-corrected chi connectivity index (χ3v) is 3.73. The number of benzene rings is 1. The molecule has 8 heteroatoms. The number of ether oxygens (including phenoxy) is 1. The molecular formula is C16H16N4O4. The van der Waals surface area contributed by atoms with Crippen molar-refractivity contribution >= 4 is 11.8 Å². The van der Waals surface area contributed by atoms with E-state index in [-0.39, 0.29) is 18.0 Å². The average Bonchev–Trinajstić information content (AvgIpc) is 2.87. The molecule has 0 spiro atoms. The quantitative estimate of drug-likeness (QED) is 0.771. The number of carbonyl (C=O) groups excluding carboxylic acids is 2. The molecule has 0 saturated heterocycles. The van der Waals surface area contributed by atoms with Crippen molar-refractivity contribution in [1.82, 2.24) is 19.8 Å². The molecule has 0 radical (unpaired) electrons. The van der Waals surface area contributed by atoms with Crippen LogP contribution in [-0.2, 0) is 23.1 Å². The van der Waals surface area contributed by atoms with Gasteiger partial charge in [-0.1, -0.05) is 18.2 Å². The molecule has 0 amide bonds. The standard InChI is InChI=1S/C16H16N4O4/c1-19-16(23)20(18-17-19)10-11-5-2-3-8-14(11)15(22)24-13-7-4-6-12(21)9-13/h2-3,5,8-9H,4,6-7,10H2,1H3. The summed E-state index contributed by atoms with van der Waals surface area (Å²) in [4.78, 5) is 35.7. The molecule has 0 saturated carbocycles. The van der Waals surface area contributed by atoms with Gasteiger partial charge in [-0.25, -0.2) is 9.59 Å². The number of aromatic nitrogens is 4. The molecule has 124 valence electrons. The highest BCUT2D eigenvalue weighted by molar-refractivity contribution is 5.94. The summed E-state index contributed by atoms with van der Waals surface area (Å²) in [6, 6.07) is 6.80. The van der Waals surface area contributed by atoms with Gasteiger partial charge >= 0.3 is 11.7 Å². The molecule has 1 heterocycles. The number of nitrogens with zero attached hydrogens (tertiary/aromatic N) is 4. The van der Waals surface area contributed by atoms with Gasteiger partial charge < -0.3 is 4.74 Å². The summed E-state index contributed by atoms with van der Waals surface area (Å²) in [6.45, 7) is 0.107. The molecule has 0 N–H and O–H groups in total. The molecule has 24 heavy (non-hydrogen) atoms. The van der Waals surface area contributed by atoms with E-state index in [0.29, 0.717) is 36.1 Å².